The van der Waals surface area contributed by atoms with E-state index in [2.05, 4.69) is 26.0 Å². The normalized spacial score (nSPS) is 9.38. The minimum atomic E-state index is 0.523. The van der Waals surface area contributed by atoms with Crippen LogP contribution < -0.4 is 5.73 Å². The van der Waals surface area contributed by atoms with Crippen molar-refractivity contribution in [3.8, 4) is 0 Å². The van der Waals surface area contributed by atoms with Crippen LogP contribution >= 0.6 is 0 Å². The van der Waals surface area contributed by atoms with Crippen LogP contribution in [-0.2, 0) is 0 Å². The van der Waals surface area contributed by atoms with Gasteiger partial charge in [0.15, 0.2) is 0 Å². The molecule has 1 nitrogen and oxygen atoms in total. The molecule has 1 aromatic carbocycles. The van der Waals surface area contributed by atoms with Crippen LogP contribution in [0, 0.1) is 6.92 Å². The monoisotopic (exact) mass is 179 g/mol. The van der Waals surface area contributed by atoms with Crippen LogP contribution in [0.5, 0.6) is 0 Å². The minimum absolute atomic E-state index is 0.523. The van der Waals surface area contributed by atoms with Crippen molar-refractivity contribution in [1.82, 2.24) is 0 Å². The summed E-state index contributed by atoms with van der Waals surface area (Å²) in [6.07, 6.45) is 0. The zero-order chi connectivity index (χ0) is 10.4. The van der Waals surface area contributed by atoms with Gasteiger partial charge < -0.3 is 5.73 Å². The van der Waals surface area contributed by atoms with E-state index in [-0.39, 0.29) is 0 Å². The molecule has 0 amide bonds. The largest absolute Gasteiger partial charge is 0.398 e. The number of anilines is 1. The van der Waals surface area contributed by atoms with Gasteiger partial charge in [-0.05, 0) is 24.0 Å². The van der Waals surface area contributed by atoms with Gasteiger partial charge in [-0.3, -0.25) is 0 Å². The van der Waals surface area contributed by atoms with Crippen molar-refractivity contribution >= 4 is 5.69 Å². The molecule has 0 aromatic heterocycles. The van der Waals surface area contributed by atoms with Crippen LogP contribution in [0.15, 0.2) is 18.2 Å². The fraction of sp³-hybridized carbons (Fsp3) is 0.500. The van der Waals surface area contributed by atoms with Gasteiger partial charge >= 0.3 is 0 Å². The number of hydrogen-bond acceptors (Lipinski definition) is 1. The summed E-state index contributed by atoms with van der Waals surface area (Å²) < 4.78 is 0. The Labute approximate surface area is 82.0 Å². The smallest absolute Gasteiger partial charge is 0.0378 e. The summed E-state index contributed by atoms with van der Waals surface area (Å²) in [5.41, 5.74) is 9.26. The first kappa shape index (κ1) is 12.0. The van der Waals surface area contributed by atoms with Crippen LogP contribution in [-0.4, -0.2) is 0 Å². The van der Waals surface area contributed by atoms with Crippen LogP contribution in [0.25, 0.3) is 0 Å². The lowest BCUT2D eigenvalue weighted by Crippen LogP contribution is -1.98. The number of para-hydroxylation sites is 1. The van der Waals surface area contributed by atoms with Crippen molar-refractivity contribution in [2.45, 2.75) is 40.5 Å². The molecule has 0 radical (unpaired) electrons. The van der Waals surface area contributed by atoms with E-state index in [4.69, 9.17) is 5.73 Å². The van der Waals surface area contributed by atoms with Crippen LogP contribution in [0.1, 0.15) is 44.7 Å². The molecule has 0 heterocycles. The standard InChI is InChI=1S/C10H15N.C2H6/c1-7(2)9-6-4-5-8(3)10(9)11;1-2/h4-7H,11H2,1-3H3;1-2H3. The molecule has 0 bridgehead atoms. The molecule has 1 rings (SSSR count). The average molecular weight is 179 g/mol. The first-order valence-corrected chi connectivity index (χ1v) is 4.98. The topological polar surface area (TPSA) is 26.0 Å². The summed E-state index contributed by atoms with van der Waals surface area (Å²) >= 11 is 0. The molecule has 13 heavy (non-hydrogen) atoms. The second-order valence-electron chi connectivity index (χ2n) is 3.23. The molecule has 0 aliphatic rings. The number of hydrogen-bond donors (Lipinski definition) is 1. The van der Waals surface area contributed by atoms with Crippen molar-refractivity contribution in [3.63, 3.8) is 0 Å². The molecule has 74 valence electrons. The highest BCUT2D eigenvalue weighted by molar-refractivity contribution is 5.54. The third-order valence-electron chi connectivity index (χ3n) is 1.98. The second kappa shape index (κ2) is 5.63. The Kier molecular flexibility index (Phi) is 5.20. The number of rotatable bonds is 1. The second-order valence-corrected chi connectivity index (χ2v) is 3.23. The molecule has 0 unspecified atom stereocenters. The van der Waals surface area contributed by atoms with Gasteiger partial charge in [0.1, 0.15) is 0 Å². The molecule has 0 aliphatic heterocycles. The van der Waals surface area contributed by atoms with Crippen molar-refractivity contribution in [2.24, 2.45) is 0 Å². The van der Waals surface area contributed by atoms with E-state index >= 15 is 0 Å². The fourth-order valence-corrected chi connectivity index (χ4v) is 1.21. The average Bonchev–Trinajstić information content (AvgIpc) is 2.13. The van der Waals surface area contributed by atoms with Crippen molar-refractivity contribution in [1.29, 1.82) is 0 Å². The number of aryl methyl sites for hydroxylation is 1. The van der Waals surface area contributed by atoms with Crippen molar-refractivity contribution in [3.05, 3.63) is 29.3 Å². The lowest BCUT2D eigenvalue weighted by molar-refractivity contribution is 0.868. The zero-order valence-corrected chi connectivity index (χ0v) is 9.39. The van der Waals surface area contributed by atoms with E-state index in [9.17, 15) is 0 Å². The number of benzene rings is 1. The summed E-state index contributed by atoms with van der Waals surface area (Å²) in [6, 6.07) is 6.19. The first-order valence-electron chi connectivity index (χ1n) is 4.98. The lowest BCUT2D eigenvalue weighted by Gasteiger charge is -2.10. The predicted octanol–water partition coefficient (Wildman–Crippen LogP) is 3.73. The zero-order valence-electron chi connectivity index (χ0n) is 9.39. The Hall–Kier alpha value is -0.980. The molecule has 0 aliphatic carbocycles. The van der Waals surface area contributed by atoms with Crippen LogP contribution in [0.2, 0.25) is 0 Å². The fourth-order valence-electron chi connectivity index (χ4n) is 1.21. The Bertz CT molecular complexity index is 251. The molecular weight excluding hydrogens is 158 g/mol. The minimum Gasteiger partial charge on any atom is -0.398 e. The summed E-state index contributed by atoms with van der Waals surface area (Å²) in [6.45, 7) is 10.4. The maximum Gasteiger partial charge on any atom is 0.0378 e. The van der Waals surface area contributed by atoms with E-state index in [0.717, 1.165) is 5.69 Å². The summed E-state index contributed by atoms with van der Waals surface area (Å²) in [5.74, 6) is 0.523. The Morgan fingerprint density at radius 3 is 2.08 bits per heavy atom. The summed E-state index contributed by atoms with van der Waals surface area (Å²) in [7, 11) is 0. The Morgan fingerprint density at radius 1 is 1.15 bits per heavy atom. The Balaban J connectivity index is 0.000000671. The predicted molar refractivity (Wildman–Crippen MR) is 61.0 cm³/mol. The SMILES string of the molecule is CC.Cc1cccc(C(C)C)c1N. The van der Waals surface area contributed by atoms with Gasteiger partial charge in [0.05, 0.1) is 0 Å². The van der Waals surface area contributed by atoms with Gasteiger partial charge in [-0.25, -0.2) is 0 Å². The molecular formula is C12H21N. The van der Waals surface area contributed by atoms with Gasteiger partial charge in [-0.2, -0.15) is 0 Å². The summed E-state index contributed by atoms with van der Waals surface area (Å²) in [5, 5.41) is 0. The maximum absolute atomic E-state index is 5.88. The van der Waals surface area contributed by atoms with E-state index in [1.165, 1.54) is 11.1 Å². The molecule has 0 saturated heterocycles. The molecule has 1 aromatic rings. The molecule has 0 fully saturated rings. The lowest BCUT2D eigenvalue weighted by atomic mass is 9.99. The van der Waals surface area contributed by atoms with E-state index in [0.29, 0.717) is 5.92 Å². The van der Waals surface area contributed by atoms with Crippen LogP contribution in [0.3, 0.4) is 0 Å². The molecule has 0 saturated carbocycles. The highest BCUT2D eigenvalue weighted by Crippen LogP contribution is 2.23. The third-order valence-corrected chi connectivity index (χ3v) is 1.98. The quantitative estimate of drug-likeness (QED) is 0.653. The third kappa shape index (κ3) is 3.10. The van der Waals surface area contributed by atoms with Crippen molar-refractivity contribution in [2.75, 3.05) is 5.73 Å². The summed E-state index contributed by atoms with van der Waals surface area (Å²) in [4.78, 5) is 0. The van der Waals surface area contributed by atoms with Gasteiger partial charge in [0, 0.05) is 5.69 Å². The molecule has 2 N–H and O–H groups in total. The molecule has 1 heteroatoms. The Morgan fingerprint density at radius 2 is 1.69 bits per heavy atom. The van der Waals surface area contributed by atoms with Gasteiger partial charge in [-0.1, -0.05) is 45.9 Å². The highest BCUT2D eigenvalue weighted by Gasteiger charge is 2.03. The van der Waals surface area contributed by atoms with Gasteiger partial charge in [0.2, 0.25) is 0 Å². The van der Waals surface area contributed by atoms with Crippen LogP contribution in [0.4, 0.5) is 5.69 Å². The van der Waals surface area contributed by atoms with Gasteiger partial charge in [0.25, 0.3) is 0 Å². The number of nitrogen functional groups attached to an aromatic ring is 1. The van der Waals surface area contributed by atoms with Crippen molar-refractivity contribution < 1.29 is 0 Å². The first-order chi connectivity index (χ1) is 6.13. The van der Waals surface area contributed by atoms with E-state index < -0.39 is 0 Å². The molecule has 0 atom stereocenters. The van der Waals surface area contributed by atoms with Gasteiger partial charge in [-0.15, -0.1) is 0 Å². The highest BCUT2D eigenvalue weighted by atomic mass is 14.6. The van der Waals surface area contributed by atoms with E-state index in [1.54, 1.807) is 0 Å². The number of nitrogens with two attached hydrogens (primary N) is 1. The van der Waals surface area contributed by atoms with E-state index in [1.807, 2.05) is 26.8 Å². The maximum atomic E-state index is 5.88. The molecule has 0 spiro atoms.